The first kappa shape index (κ1) is 17.9. The van der Waals surface area contributed by atoms with Gasteiger partial charge in [0.15, 0.2) is 0 Å². The molecule has 3 aromatic heterocycles. The van der Waals surface area contributed by atoms with Gasteiger partial charge in [-0.3, -0.25) is 4.98 Å². The molecule has 1 fully saturated rings. The van der Waals surface area contributed by atoms with Crippen molar-refractivity contribution >= 4 is 16.7 Å². The van der Waals surface area contributed by atoms with Gasteiger partial charge in [-0.05, 0) is 49.6 Å². The van der Waals surface area contributed by atoms with Gasteiger partial charge in [0.05, 0.1) is 17.8 Å². The summed E-state index contributed by atoms with van der Waals surface area (Å²) < 4.78 is 2.25. The van der Waals surface area contributed by atoms with Gasteiger partial charge in [-0.2, -0.15) is 0 Å². The van der Waals surface area contributed by atoms with Crippen molar-refractivity contribution in [3.05, 3.63) is 84.2 Å². The molecule has 0 spiro atoms. The van der Waals surface area contributed by atoms with Crippen LogP contribution < -0.4 is 4.90 Å². The van der Waals surface area contributed by atoms with Gasteiger partial charge in [-0.15, -0.1) is 0 Å². The standard InChI is InChI=1S/C24H25N5/c1-18-15-23(27-22-10-3-2-9-21(18)22)28-13-6-7-19(16-28)24-26-12-14-29(24)17-20-8-4-5-11-25-20/h2-5,8-12,14-15,19H,6-7,13,16-17H2,1H3/t19-/m1/s1. The van der Waals surface area contributed by atoms with Crippen LogP contribution >= 0.6 is 0 Å². The maximum Gasteiger partial charge on any atom is 0.129 e. The molecule has 0 N–H and O–H groups in total. The molecule has 29 heavy (non-hydrogen) atoms. The number of para-hydroxylation sites is 1. The van der Waals surface area contributed by atoms with Crippen LogP contribution in [0.5, 0.6) is 0 Å². The molecule has 5 heteroatoms. The van der Waals surface area contributed by atoms with Crippen LogP contribution in [0, 0.1) is 6.92 Å². The third-order valence-corrected chi connectivity index (χ3v) is 5.83. The minimum absolute atomic E-state index is 0.399. The van der Waals surface area contributed by atoms with Gasteiger partial charge in [0.25, 0.3) is 0 Å². The molecule has 0 aliphatic carbocycles. The summed E-state index contributed by atoms with van der Waals surface area (Å²) in [6.07, 6.45) is 8.13. The zero-order chi connectivity index (χ0) is 19.6. The number of fused-ring (bicyclic) bond motifs is 1. The van der Waals surface area contributed by atoms with Crippen LogP contribution in [-0.4, -0.2) is 32.6 Å². The lowest BCUT2D eigenvalue weighted by Crippen LogP contribution is -2.36. The number of piperidine rings is 1. The SMILES string of the molecule is Cc1cc(N2CCC[C@@H](c3nccn3Cc3ccccn3)C2)nc2ccccc12. The van der Waals surface area contributed by atoms with E-state index in [1.807, 2.05) is 24.5 Å². The minimum atomic E-state index is 0.399. The number of aryl methyl sites for hydroxylation is 1. The van der Waals surface area contributed by atoms with Gasteiger partial charge in [0, 0.05) is 43.0 Å². The summed E-state index contributed by atoms with van der Waals surface area (Å²) in [5.74, 6) is 2.63. The number of anilines is 1. The van der Waals surface area contributed by atoms with Crippen molar-refractivity contribution in [1.29, 1.82) is 0 Å². The van der Waals surface area contributed by atoms with Crippen LogP contribution in [0.25, 0.3) is 10.9 Å². The fourth-order valence-corrected chi connectivity index (χ4v) is 4.37. The van der Waals surface area contributed by atoms with Gasteiger partial charge in [0.2, 0.25) is 0 Å². The Bertz CT molecular complexity index is 1120. The number of rotatable bonds is 4. The van der Waals surface area contributed by atoms with Crippen molar-refractivity contribution < 1.29 is 0 Å². The summed E-state index contributed by atoms with van der Waals surface area (Å²) in [5, 5.41) is 1.23. The number of hydrogen-bond donors (Lipinski definition) is 0. The van der Waals surface area contributed by atoms with Gasteiger partial charge in [0.1, 0.15) is 11.6 Å². The second-order valence-electron chi connectivity index (χ2n) is 7.83. The molecule has 5 nitrogen and oxygen atoms in total. The van der Waals surface area contributed by atoms with Crippen LogP contribution in [0.15, 0.2) is 67.1 Å². The Morgan fingerprint density at radius 2 is 1.93 bits per heavy atom. The summed E-state index contributed by atoms with van der Waals surface area (Å²) in [7, 11) is 0. The Kier molecular flexibility index (Phi) is 4.72. The normalized spacial score (nSPS) is 17.0. The highest BCUT2D eigenvalue weighted by atomic mass is 15.2. The second-order valence-corrected chi connectivity index (χ2v) is 7.83. The third-order valence-electron chi connectivity index (χ3n) is 5.83. The highest BCUT2D eigenvalue weighted by molar-refractivity contribution is 5.83. The van der Waals surface area contributed by atoms with E-state index in [9.17, 15) is 0 Å². The van der Waals surface area contributed by atoms with Crippen LogP contribution in [0.2, 0.25) is 0 Å². The molecular weight excluding hydrogens is 358 g/mol. The van der Waals surface area contributed by atoms with Crippen LogP contribution in [-0.2, 0) is 6.54 Å². The lowest BCUT2D eigenvalue weighted by atomic mass is 9.96. The largest absolute Gasteiger partial charge is 0.356 e. The molecule has 4 heterocycles. The van der Waals surface area contributed by atoms with Crippen molar-refractivity contribution in [1.82, 2.24) is 19.5 Å². The first-order valence-electron chi connectivity index (χ1n) is 10.3. The molecule has 1 aliphatic rings. The van der Waals surface area contributed by atoms with Crippen LogP contribution in [0.1, 0.15) is 35.8 Å². The molecule has 146 valence electrons. The number of imidazole rings is 1. The number of benzene rings is 1. The predicted octanol–water partition coefficient (Wildman–Crippen LogP) is 4.57. The Balaban J connectivity index is 1.40. The van der Waals surface area contributed by atoms with Crippen molar-refractivity contribution in [3.8, 4) is 0 Å². The lowest BCUT2D eigenvalue weighted by molar-refractivity contribution is 0.473. The van der Waals surface area contributed by atoms with Crippen molar-refractivity contribution in [3.63, 3.8) is 0 Å². The summed E-state index contributed by atoms with van der Waals surface area (Å²) in [6, 6.07) is 16.7. The molecule has 4 aromatic rings. The molecular formula is C24H25N5. The fraction of sp³-hybridized carbons (Fsp3) is 0.292. The van der Waals surface area contributed by atoms with Gasteiger partial charge < -0.3 is 9.47 Å². The average Bonchev–Trinajstić information content (AvgIpc) is 3.23. The molecule has 0 radical (unpaired) electrons. The number of hydrogen-bond acceptors (Lipinski definition) is 4. The highest BCUT2D eigenvalue weighted by Crippen LogP contribution is 2.30. The molecule has 0 amide bonds. The minimum Gasteiger partial charge on any atom is -0.356 e. The topological polar surface area (TPSA) is 46.8 Å². The van der Waals surface area contributed by atoms with Gasteiger partial charge in [-0.1, -0.05) is 24.3 Å². The molecule has 1 aromatic carbocycles. The smallest absolute Gasteiger partial charge is 0.129 e. The molecule has 0 bridgehead atoms. The van der Waals surface area contributed by atoms with Crippen molar-refractivity contribution in [2.24, 2.45) is 0 Å². The monoisotopic (exact) mass is 383 g/mol. The molecule has 1 aliphatic heterocycles. The van der Waals surface area contributed by atoms with E-state index in [0.29, 0.717) is 5.92 Å². The summed E-state index contributed by atoms with van der Waals surface area (Å²) in [6.45, 7) is 4.93. The Morgan fingerprint density at radius 3 is 2.83 bits per heavy atom. The van der Waals surface area contributed by atoms with E-state index < -0.39 is 0 Å². The Hall–Kier alpha value is -3.21. The quantitative estimate of drug-likeness (QED) is 0.518. The average molecular weight is 383 g/mol. The Labute approximate surface area is 171 Å². The lowest BCUT2D eigenvalue weighted by Gasteiger charge is -2.34. The maximum absolute atomic E-state index is 4.95. The van der Waals surface area contributed by atoms with Crippen molar-refractivity contribution in [2.75, 3.05) is 18.0 Å². The van der Waals surface area contributed by atoms with Crippen LogP contribution in [0.3, 0.4) is 0 Å². The second kappa shape index (κ2) is 7.66. The predicted molar refractivity (Wildman–Crippen MR) is 116 cm³/mol. The van der Waals surface area contributed by atoms with E-state index in [1.54, 1.807) is 0 Å². The number of pyridine rings is 2. The van der Waals surface area contributed by atoms with Gasteiger partial charge >= 0.3 is 0 Å². The molecule has 1 atom stereocenters. The maximum atomic E-state index is 4.95. The molecule has 0 saturated carbocycles. The fourth-order valence-electron chi connectivity index (χ4n) is 4.37. The molecule has 5 rings (SSSR count). The van der Waals surface area contributed by atoms with E-state index in [1.165, 1.54) is 10.9 Å². The number of nitrogens with zero attached hydrogens (tertiary/aromatic N) is 5. The highest BCUT2D eigenvalue weighted by Gasteiger charge is 2.26. The number of aromatic nitrogens is 4. The first-order chi connectivity index (χ1) is 14.3. The van der Waals surface area contributed by atoms with E-state index in [-0.39, 0.29) is 0 Å². The summed E-state index contributed by atoms with van der Waals surface area (Å²) >= 11 is 0. The van der Waals surface area contributed by atoms with Gasteiger partial charge in [-0.25, -0.2) is 9.97 Å². The zero-order valence-electron chi connectivity index (χ0n) is 16.7. The molecule has 0 unspecified atom stereocenters. The summed E-state index contributed by atoms with van der Waals surface area (Å²) in [4.78, 5) is 16.6. The third kappa shape index (κ3) is 3.60. The summed E-state index contributed by atoms with van der Waals surface area (Å²) in [5.41, 5.74) is 3.41. The van der Waals surface area contributed by atoms with E-state index in [0.717, 1.165) is 55.3 Å². The first-order valence-corrected chi connectivity index (χ1v) is 10.3. The van der Waals surface area contributed by atoms with E-state index >= 15 is 0 Å². The zero-order valence-corrected chi connectivity index (χ0v) is 16.7. The van der Waals surface area contributed by atoms with Crippen molar-refractivity contribution in [2.45, 2.75) is 32.2 Å². The molecule has 1 saturated heterocycles. The van der Waals surface area contributed by atoms with E-state index in [2.05, 4.69) is 64.0 Å². The van der Waals surface area contributed by atoms with E-state index in [4.69, 9.17) is 9.97 Å². The van der Waals surface area contributed by atoms with Crippen LogP contribution in [0.4, 0.5) is 5.82 Å². The Morgan fingerprint density at radius 1 is 1.03 bits per heavy atom.